The molecule has 18 aromatic carbocycles. The Morgan fingerprint density at radius 1 is 0.149 bits per heavy atom. The van der Waals surface area contributed by atoms with Gasteiger partial charge in [-0.2, -0.15) is 0 Å². The number of aromatic nitrogens is 8. The minimum atomic E-state index is 0.866. The Kier molecular flexibility index (Phi) is 23.0. The van der Waals surface area contributed by atoms with Crippen molar-refractivity contribution in [1.29, 1.82) is 0 Å². The minimum Gasteiger partial charge on any atom is -0.299 e. The molecule has 0 aliphatic carbocycles. The fraction of sp³-hybridized carbons (Fsp3) is 0. The number of para-hydroxylation sites is 3. The van der Waals surface area contributed by atoms with Crippen LogP contribution in [0.2, 0.25) is 0 Å². The van der Waals surface area contributed by atoms with E-state index in [1.165, 1.54) is 60.3 Å². The van der Waals surface area contributed by atoms with Crippen LogP contribution in [0, 0.1) is 0 Å². The van der Waals surface area contributed by atoms with E-state index in [-0.39, 0.29) is 0 Å². The van der Waals surface area contributed by atoms with Crippen molar-refractivity contribution < 1.29 is 0 Å². The van der Waals surface area contributed by atoms with Crippen molar-refractivity contribution in [3.05, 3.63) is 534 Å². The number of fused-ring (bicyclic) bond motifs is 10. The van der Waals surface area contributed by atoms with E-state index in [2.05, 4.69) is 477 Å². The highest BCUT2D eigenvalue weighted by atomic mass is 15.0. The van der Waals surface area contributed by atoms with E-state index < -0.39 is 0 Å². The maximum absolute atomic E-state index is 5.26. The van der Waals surface area contributed by atoms with Crippen LogP contribution in [0.1, 0.15) is 0 Å². The summed E-state index contributed by atoms with van der Waals surface area (Å²) in [5.41, 5.74) is 38.8. The first kappa shape index (κ1) is 85.1. The van der Waals surface area contributed by atoms with Gasteiger partial charge in [0.25, 0.3) is 0 Å². The van der Waals surface area contributed by atoms with Crippen LogP contribution in [0.4, 0.5) is 0 Å². The molecule has 0 spiro atoms. The standard InChI is InChI=1S/C48H32N2.C44H29N3.C41H27N3/c1-4-14-35(15-5-1)41-23-13-24-43-47(41)42-22-10-11-25-44(42)50-48(43)39-21-12-20-38(30-39)33-26-28-34(29-27-33)40-31-45(36-16-6-2-7-17-36)49-46(32-40)37-18-8-3-9-19-37;1-3-13-31(14-4-1)36-20-12-21-38-41(36)37-19-7-8-22-39(37)45-42(38)35-18-11-17-34(29-35)30-24-26-33(27-25-30)44-43(32-15-5-2-6-16-32)46-40-23-9-10-28-47(40)44;1-2-11-29(12-3-1)33-16-9-17-35-40(33)34-15-4-5-18-37(34)44-41(35)32-14-8-13-31(27-32)28-22-24-30(25-23-28)36-20-10-21-39(43-36)38-19-6-7-26-42-38/h1-32H;1-29H;1-27H. The van der Waals surface area contributed by atoms with E-state index in [9.17, 15) is 0 Å². The average Bonchev–Trinajstić information content (AvgIpc) is 1.56. The molecule has 8 heterocycles. The summed E-state index contributed by atoms with van der Waals surface area (Å²) >= 11 is 0. The molecule has 660 valence electrons. The molecule has 0 atom stereocenters. The fourth-order valence-corrected chi connectivity index (χ4v) is 19.8. The molecule has 8 aromatic heterocycles. The second-order valence-electron chi connectivity index (χ2n) is 35.3. The molecule has 0 fully saturated rings. The first-order chi connectivity index (χ1) is 69.9. The van der Waals surface area contributed by atoms with Gasteiger partial charge >= 0.3 is 0 Å². The maximum atomic E-state index is 5.26. The van der Waals surface area contributed by atoms with Crippen molar-refractivity contribution in [3.63, 3.8) is 0 Å². The van der Waals surface area contributed by atoms with Crippen LogP contribution in [-0.2, 0) is 0 Å². The third-order valence-corrected chi connectivity index (χ3v) is 26.6. The molecule has 0 N–H and O–H groups in total. The van der Waals surface area contributed by atoms with Gasteiger partial charge in [0.05, 0.1) is 73.5 Å². The highest BCUT2D eigenvalue weighted by Gasteiger charge is 2.23. The molecule has 141 heavy (non-hydrogen) atoms. The van der Waals surface area contributed by atoms with Gasteiger partial charge in [0.15, 0.2) is 0 Å². The normalized spacial score (nSPS) is 11.3. The fourth-order valence-electron chi connectivity index (χ4n) is 19.8. The lowest BCUT2D eigenvalue weighted by molar-refractivity contribution is 1.19. The summed E-state index contributed by atoms with van der Waals surface area (Å²) in [6.07, 6.45) is 3.89. The predicted molar refractivity (Wildman–Crippen MR) is 587 cm³/mol. The Balaban J connectivity index is 0.000000115. The first-order valence-corrected chi connectivity index (χ1v) is 47.7. The van der Waals surface area contributed by atoms with Gasteiger partial charge in [-0.15, -0.1) is 0 Å². The molecule has 26 rings (SSSR count). The molecular weight excluding hydrogens is 1710 g/mol. The summed E-state index contributed by atoms with van der Waals surface area (Å²) < 4.78 is 2.18. The average molecular weight is 1800 g/mol. The zero-order chi connectivity index (χ0) is 93.7. The van der Waals surface area contributed by atoms with E-state index in [1.807, 2.05) is 60.7 Å². The second-order valence-corrected chi connectivity index (χ2v) is 35.3. The van der Waals surface area contributed by atoms with E-state index in [4.69, 9.17) is 29.9 Å². The number of pyridine rings is 7. The summed E-state index contributed by atoms with van der Waals surface area (Å²) in [6, 6.07) is 183. The van der Waals surface area contributed by atoms with Crippen LogP contribution in [0.15, 0.2) is 534 Å². The third-order valence-electron chi connectivity index (χ3n) is 26.6. The third kappa shape index (κ3) is 17.1. The number of rotatable bonds is 16. The maximum Gasteiger partial charge on any atom is 0.137 e. The minimum absolute atomic E-state index is 0.866. The van der Waals surface area contributed by atoms with Gasteiger partial charge in [-0.05, 0) is 163 Å². The molecule has 0 bridgehead atoms. The molecular formula is C133H88N8. The molecule has 0 aliphatic rings. The molecule has 0 radical (unpaired) electrons. The zero-order valence-electron chi connectivity index (χ0n) is 76.9. The molecule has 26 aromatic rings. The molecule has 0 amide bonds. The number of imidazole rings is 1. The molecule has 0 saturated carbocycles. The molecule has 0 aliphatic heterocycles. The van der Waals surface area contributed by atoms with Gasteiger partial charge in [0.1, 0.15) is 5.65 Å². The van der Waals surface area contributed by atoms with Crippen LogP contribution < -0.4 is 0 Å². The van der Waals surface area contributed by atoms with Crippen molar-refractivity contribution in [2.24, 2.45) is 0 Å². The Bertz CT molecular complexity index is 9040. The lowest BCUT2D eigenvalue weighted by Gasteiger charge is -2.15. The SMILES string of the molecule is c1ccc(-c2cc(-c3ccc(-c4cccc(-c5nc6ccccc6c6c(-c7ccccc7)cccc56)c4)cc3)cc(-c3ccccc3)n2)cc1.c1ccc(-c2cccc3c(-c4cccc(-c5ccc(-c6cccc(-c7ccccn7)n6)cc5)c4)nc4ccccc4c23)cc1.c1ccc(-c2nc3ccccn3c2-c2ccc(-c3cccc(-c4nc5ccccc5c5c(-c6ccccc6)cccc45)c3)cc2)cc1. The monoisotopic (exact) mass is 1800 g/mol. The van der Waals surface area contributed by atoms with Crippen LogP contribution in [0.25, 0.3) is 250 Å². The van der Waals surface area contributed by atoms with Gasteiger partial charge < -0.3 is 0 Å². The number of benzene rings is 18. The predicted octanol–water partition coefficient (Wildman–Crippen LogP) is 34.7. The molecule has 8 nitrogen and oxygen atoms in total. The van der Waals surface area contributed by atoms with Crippen molar-refractivity contribution in [3.8, 4) is 179 Å². The highest BCUT2D eigenvalue weighted by molar-refractivity contribution is 6.20. The van der Waals surface area contributed by atoms with E-state index in [1.54, 1.807) is 6.20 Å². The highest BCUT2D eigenvalue weighted by Crippen LogP contribution is 2.46. The van der Waals surface area contributed by atoms with Gasteiger partial charge in [-0.1, -0.05) is 437 Å². The number of hydrogen-bond donors (Lipinski definition) is 0. The van der Waals surface area contributed by atoms with Gasteiger partial charge in [-0.3, -0.25) is 9.38 Å². The smallest absolute Gasteiger partial charge is 0.137 e. The second kappa shape index (κ2) is 38.1. The molecule has 8 heteroatoms. The van der Waals surface area contributed by atoms with E-state index in [0.29, 0.717) is 0 Å². The zero-order valence-corrected chi connectivity index (χ0v) is 76.9. The van der Waals surface area contributed by atoms with Gasteiger partial charge in [0.2, 0.25) is 0 Å². The lowest BCUT2D eigenvalue weighted by Crippen LogP contribution is -1.92. The van der Waals surface area contributed by atoms with Gasteiger partial charge in [-0.25, -0.2) is 29.9 Å². The van der Waals surface area contributed by atoms with Crippen LogP contribution in [-0.4, -0.2) is 39.3 Å². The van der Waals surface area contributed by atoms with E-state index >= 15 is 0 Å². The van der Waals surface area contributed by atoms with Crippen LogP contribution in [0.5, 0.6) is 0 Å². The van der Waals surface area contributed by atoms with Crippen LogP contribution in [0.3, 0.4) is 0 Å². The Hall–Kier alpha value is -18.9. The van der Waals surface area contributed by atoms with Crippen LogP contribution >= 0.6 is 0 Å². The molecule has 0 saturated heterocycles. The quantitative estimate of drug-likeness (QED) is 0.0890. The Labute approximate surface area is 817 Å². The molecule has 0 unspecified atom stereocenters. The van der Waals surface area contributed by atoms with Crippen molar-refractivity contribution in [1.82, 2.24) is 39.3 Å². The Morgan fingerprint density at radius 2 is 0.447 bits per heavy atom. The van der Waals surface area contributed by atoms with Crippen molar-refractivity contribution in [2.45, 2.75) is 0 Å². The summed E-state index contributed by atoms with van der Waals surface area (Å²) in [4.78, 5) is 35.1. The summed E-state index contributed by atoms with van der Waals surface area (Å²) in [5.74, 6) is 0. The van der Waals surface area contributed by atoms with Crippen molar-refractivity contribution in [2.75, 3.05) is 0 Å². The summed E-state index contributed by atoms with van der Waals surface area (Å²) in [7, 11) is 0. The first-order valence-electron chi connectivity index (χ1n) is 47.7. The largest absolute Gasteiger partial charge is 0.299 e. The lowest BCUT2D eigenvalue weighted by atomic mass is 9.92. The van der Waals surface area contributed by atoms with E-state index in [0.717, 1.165) is 190 Å². The number of hydrogen-bond acceptors (Lipinski definition) is 7. The number of nitrogens with zero attached hydrogens (tertiary/aromatic N) is 8. The summed E-state index contributed by atoms with van der Waals surface area (Å²) in [5, 5.41) is 10.6. The van der Waals surface area contributed by atoms with Crippen molar-refractivity contribution >= 4 is 70.7 Å². The summed E-state index contributed by atoms with van der Waals surface area (Å²) in [6.45, 7) is 0. The van der Waals surface area contributed by atoms with Gasteiger partial charge in [0, 0.05) is 105 Å². The Morgan fingerprint density at radius 3 is 0.858 bits per heavy atom. The topological polar surface area (TPSA) is 94.6 Å².